The number of hydrogen-bond donors (Lipinski definition) is 1. The van der Waals surface area contributed by atoms with Gasteiger partial charge in [-0.3, -0.25) is 0 Å². The van der Waals surface area contributed by atoms with Crippen molar-refractivity contribution in [2.45, 2.75) is 13.1 Å². The number of nitrogens with zero attached hydrogens (tertiary/aromatic N) is 4. The van der Waals surface area contributed by atoms with Crippen molar-refractivity contribution in [3.05, 3.63) is 47.7 Å². The highest BCUT2D eigenvalue weighted by atomic mass is 19.4. The van der Waals surface area contributed by atoms with E-state index in [0.717, 1.165) is 24.7 Å². The van der Waals surface area contributed by atoms with Gasteiger partial charge in [0, 0.05) is 37.9 Å². The van der Waals surface area contributed by atoms with Crippen LogP contribution in [-0.2, 0) is 6.18 Å². The van der Waals surface area contributed by atoms with Crippen LogP contribution >= 0.6 is 0 Å². The summed E-state index contributed by atoms with van der Waals surface area (Å²) < 4.78 is 42.1. The van der Waals surface area contributed by atoms with Crippen LogP contribution in [0.4, 0.5) is 19.1 Å². The van der Waals surface area contributed by atoms with Crippen LogP contribution in [0.15, 0.2) is 36.5 Å². The normalized spacial score (nSPS) is 15.6. The van der Waals surface area contributed by atoms with E-state index in [1.165, 1.54) is 4.52 Å². The van der Waals surface area contributed by atoms with Crippen molar-refractivity contribution in [1.29, 1.82) is 0 Å². The molecule has 0 atom stereocenters. The molecule has 3 aromatic rings. The number of anilines is 1. The SMILES string of the molecule is Cc1ccc(-c2cc(C(F)(F)F)c3nc(N4CCNCC4)nn3c2)cc1. The molecule has 8 heteroatoms. The molecular formula is C18H18F3N5. The number of fused-ring (bicyclic) bond motifs is 1. The number of piperazine rings is 1. The first-order chi connectivity index (χ1) is 12.4. The minimum absolute atomic E-state index is 0.165. The molecule has 5 nitrogen and oxygen atoms in total. The zero-order valence-corrected chi connectivity index (χ0v) is 14.2. The number of nitrogens with one attached hydrogen (secondary N) is 1. The van der Waals surface area contributed by atoms with Gasteiger partial charge in [-0.25, -0.2) is 4.52 Å². The summed E-state index contributed by atoms with van der Waals surface area (Å²) in [6.07, 6.45) is -2.90. The van der Waals surface area contributed by atoms with Crippen LogP contribution in [0.25, 0.3) is 16.8 Å². The number of pyridine rings is 1. The second-order valence-electron chi connectivity index (χ2n) is 6.42. The van der Waals surface area contributed by atoms with E-state index in [1.54, 1.807) is 6.20 Å². The number of alkyl halides is 3. The molecule has 0 saturated carbocycles. The smallest absolute Gasteiger partial charge is 0.337 e. The summed E-state index contributed by atoms with van der Waals surface area (Å²) in [5.74, 6) is 0.332. The Labute approximate surface area is 148 Å². The third-order valence-electron chi connectivity index (χ3n) is 4.51. The van der Waals surface area contributed by atoms with Gasteiger partial charge >= 0.3 is 6.18 Å². The van der Waals surface area contributed by atoms with Crippen molar-refractivity contribution >= 4 is 11.6 Å². The Morgan fingerprint density at radius 1 is 1.04 bits per heavy atom. The van der Waals surface area contributed by atoms with Crippen LogP contribution in [0.2, 0.25) is 0 Å². The Hall–Kier alpha value is -2.61. The van der Waals surface area contributed by atoms with Crippen LogP contribution in [0.3, 0.4) is 0 Å². The average Bonchev–Trinajstić information content (AvgIpc) is 3.05. The molecule has 136 valence electrons. The van der Waals surface area contributed by atoms with E-state index < -0.39 is 11.7 Å². The minimum atomic E-state index is -4.50. The fourth-order valence-corrected chi connectivity index (χ4v) is 3.09. The number of rotatable bonds is 2. The van der Waals surface area contributed by atoms with E-state index >= 15 is 0 Å². The molecule has 1 aliphatic heterocycles. The molecule has 3 heterocycles. The Morgan fingerprint density at radius 2 is 1.73 bits per heavy atom. The lowest BCUT2D eigenvalue weighted by Crippen LogP contribution is -2.44. The standard InChI is InChI=1S/C18H18F3N5/c1-12-2-4-13(5-3-12)14-10-15(18(19,20)21)16-23-17(24-26(16)11-14)25-8-6-22-7-9-25/h2-5,10-11,22H,6-9H2,1H3. The monoisotopic (exact) mass is 361 g/mol. The van der Waals surface area contributed by atoms with Gasteiger partial charge in [-0.15, -0.1) is 5.10 Å². The van der Waals surface area contributed by atoms with Crippen LogP contribution in [0, 0.1) is 6.92 Å². The van der Waals surface area contributed by atoms with Gasteiger partial charge in [-0.1, -0.05) is 29.8 Å². The second kappa shape index (κ2) is 6.28. The summed E-state index contributed by atoms with van der Waals surface area (Å²) in [5.41, 5.74) is 1.28. The maximum absolute atomic E-state index is 13.6. The summed E-state index contributed by atoms with van der Waals surface area (Å²) in [6.45, 7) is 4.80. The van der Waals surface area contributed by atoms with Crippen LogP contribution in [0.1, 0.15) is 11.1 Å². The van der Waals surface area contributed by atoms with E-state index in [1.807, 2.05) is 36.1 Å². The highest BCUT2D eigenvalue weighted by Gasteiger charge is 2.35. The van der Waals surface area contributed by atoms with Crippen molar-refractivity contribution in [3.63, 3.8) is 0 Å². The maximum atomic E-state index is 13.6. The Morgan fingerprint density at radius 3 is 2.38 bits per heavy atom. The highest BCUT2D eigenvalue weighted by Crippen LogP contribution is 2.35. The van der Waals surface area contributed by atoms with E-state index in [9.17, 15) is 13.2 Å². The number of benzene rings is 1. The van der Waals surface area contributed by atoms with Gasteiger partial charge in [0.1, 0.15) is 5.56 Å². The van der Waals surface area contributed by atoms with Gasteiger partial charge in [0.05, 0.1) is 0 Å². The quantitative estimate of drug-likeness (QED) is 0.762. The summed E-state index contributed by atoms with van der Waals surface area (Å²) in [6, 6.07) is 8.52. The summed E-state index contributed by atoms with van der Waals surface area (Å²) in [4.78, 5) is 6.08. The average molecular weight is 361 g/mol. The molecule has 0 bridgehead atoms. The first-order valence-electron chi connectivity index (χ1n) is 8.42. The number of aryl methyl sites for hydroxylation is 1. The second-order valence-corrected chi connectivity index (χ2v) is 6.42. The lowest BCUT2D eigenvalue weighted by atomic mass is 10.0. The largest absolute Gasteiger partial charge is 0.420 e. The molecular weight excluding hydrogens is 343 g/mol. The van der Waals surface area contributed by atoms with Gasteiger partial charge < -0.3 is 10.2 Å². The first kappa shape index (κ1) is 16.8. The summed E-state index contributed by atoms with van der Waals surface area (Å²) >= 11 is 0. The van der Waals surface area contributed by atoms with Gasteiger partial charge in [0.15, 0.2) is 5.65 Å². The Bertz CT molecular complexity index is 924. The van der Waals surface area contributed by atoms with Crippen molar-refractivity contribution in [2.24, 2.45) is 0 Å². The number of aromatic nitrogens is 3. The van der Waals surface area contributed by atoms with Crippen LogP contribution < -0.4 is 10.2 Å². The van der Waals surface area contributed by atoms with E-state index in [0.29, 0.717) is 30.2 Å². The molecule has 2 aromatic heterocycles. The first-order valence-corrected chi connectivity index (χ1v) is 8.42. The summed E-state index contributed by atoms with van der Waals surface area (Å²) in [5, 5.41) is 7.52. The Balaban J connectivity index is 1.86. The van der Waals surface area contributed by atoms with Gasteiger partial charge in [0.2, 0.25) is 5.95 Å². The van der Waals surface area contributed by atoms with Crippen molar-refractivity contribution in [3.8, 4) is 11.1 Å². The molecule has 0 amide bonds. The molecule has 0 spiro atoms. The van der Waals surface area contributed by atoms with Gasteiger partial charge in [0.25, 0.3) is 0 Å². The summed E-state index contributed by atoms with van der Waals surface area (Å²) in [7, 11) is 0. The minimum Gasteiger partial charge on any atom is -0.337 e. The molecule has 1 N–H and O–H groups in total. The van der Waals surface area contributed by atoms with Crippen molar-refractivity contribution in [1.82, 2.24) is 19.9 Å². The topological polar surface area (TPSA) is 45.5 Å². The number of hydrogen-bond acceptors (Lipinski definition) is 4. The molecule has 26 heavy (non-hydrogen) atoms. The van der Waals surface area contributed by atoms with E-state index in [2.05, 4.69) is 15.4 Å². The molecule has 1 fully saturated rings. The van der Waals surface area contributed by atoms with E-state index in [-0.39, 0.29) is 5.65 Å². The highest BCUT2D eigenvalue weighted by molar-refractivity contribution is 5.68. The third-order valence-corrected chi connectivity index (χ3v) is 4.51. The molecule has 0 unspecified atom stereocenters. The predicted molar refractivity (Wildman–Crippen MR) is 93.2 cm³/mol. The molecule has 1 saturated heterocycles. The lowest BCUT2D eigenvalue weighted by Gasteiger charge is -2.25. The van der Waals surface area contributed by atoms with E-state index in [4.69, 9.17) is 0 Å². The fourth-order valence-electron chi connectivity index (χ4n) is 3.09. The zero-order chi connectivity index (χ0) is 18.3. The van der Waals surface area contributed by atoms with Crippen molar-refractivity contribution < 1.29 is 13.2 Å². The van der Waals surface area contributed by atoms with Crippen LogP contribution in [-0.4, -0.2) is 40.8 Å². The number of halogens is 3. The molecule has 4 rings (SSSR count). The molecule has 0 radical (unpaired) electrons. The third kappa shape index (κ3) is 3.12. The van der Waals surface area contributed by atoms with Gasteiger partial charge in [-0.2, -0.15) is 18.2 Å². The predicted octanol–water partition coefficient (Wildman–Crippen LogP) is 3.13. The zero-order valence-electron chi connectivity index (χ0n) is 14.2. The molecule has 0 aliphatic carbocycles. The van der Waals surface area contributed by atoms with Crippen molar-refractivity contribution in [2.75, 3.05) is 31.1 Å². The molecule has 1 aliphatic rings. The fraction of sp³-hybridized carbons (Fsp3) is 0.333. The maximum Gasteiger partial charge on any atom is 0.420 e. The van der Waals surface area contributed by atoms with Crippen LogP contribution in [0.5, 0.6) is 0 Å². The Kier molecular flexibility index (Phi) is 4.07. The lowest BCUT2D eigenvalue weighted by molar-refractivity contribution is -0.136. The van der Waals surface area contributed by atoms with Gasteiger partial charge in [-0.05, 0) is 18.6 Å². The molecule has 1 aromatic carbocycles.